The quantitative estimate of drug-likeness (QED) is 0.135. The van der Waals surface area contributed by atoms with Gasteiger partial charge in [-0.25, -0.2) is 0 Å². The fraction of sp³-hybridized carbons (Fsp3) is 1.00. The first-order valence-electron chi connectivity index (χ1n) is 25.9. The number of rotatable bonds is 0. The maximum Gasteiger partial charge on any atom is 0.0903 e. The normalized spacial score (nSPS) is 59.5. The first kappa shape index (κ1) is 37.2. The Morgan fingerprint density at radius 3 is 0.684 bits per heavy atom. The highest BCUT2D eigenvalue weighted by Gasteiger charge is 2.60. The maximum atomic E-state index is 12.8. The van der Waals surface area contributed by atoms with Crippen molar-refractivity contribution in [2.75, 3.05) is 0 Å². The molecular weight excluding hydrogens is 705 g/mol. The molecular formula is C48H80N8O. The number of nitrogens with zero attached hydrogens (tertiary/aromatic N) is 1. The van der Waals surface area contributed by atoms with E-state index in [9.17, 15) is 5.21 Å². The van der Waals surface area contributed by atoms with E-state index < -0.39 is 0 Å². The third kappa shape index (κ3) is 6.28. The zero-order chi connectivity index (χ0) is 37.4. The molecule has 0 aromatic heterocycles. The Hall–Kier alpha value is -0.360. The van der Waals surface area contributed by atoms with Gasteiger partial charge in [0.05, 0.1) is 49.3 Å². The van der Waals surface area contributed by atoms with Gasteiger partial charge in [0.2, 0.25) is 0 Å². The van der Waals surface area contributed by atoms with E-state index in [1.807, 2.05) is 5.06 Å². The minimum absolute atomic E-state index is 0.0180. The molecule has 5 aliphatic heterocycles. The van der Waals surface area contributed by atoms with Crippen LogP contribution in [0.1, 0.15) is 154 Å². The van der Waals surface area contributed by atoms with Crippen molar-refractivity contribution in [3.63, 3.8) is 0 Å². The molecule has 13 aliphatic rings. The molecule has 13 fully saturated rings. The lowest BCUT2D eigenvalue weighted by atomic mass is 9.62. The molecule has 0 aromatic carbocycles. The molecule has 8 N–H and O–H groups in total. The van der Waals surface area contributed by atoms with E-state index in [1.54, 1.807) is 0 Å². The van der Waals surface area contributed by atoms with Gasteiger partial charge >= 0.3 is 0 Å². The van der Waals surface area contributed by atoms with Crippen molar-refractivity contribution < 1.29 is 5.21 Å². The summed E-state index contributed by atoms with van der Waals surface area (Å²) in [6.07, 6.45) is 35.9. The SMILES string of the molecule is ON1C2NC3NC(NC4NC(NC5NC(NC1C1CC6CCCCC6CC12)C1CC2CCCCC2CC51)C1CC2CCCCC2CC41)C1CC2CCCCC2CC31. The zero-order valence-corrected chi connectivity index (χ0v) is 35.2. The topological polar surface area (TPSA) is 108 Å². The van der Waals surface area contributed by atoms with Crippen LogP contribution in [0.5, 0.6) is 0 Å². The fourth-order valence-electron chi connectivity index (χ4n) is 18.9. The lowest BCUT2D eigenvalue weighted by Gasteiger charge is -2.46. The van der Waals surface area contributed by atoms with Crippen LogP contribution in [0.2, 0.25) is 0 Å². The Labute approximate surface area is 344 Å². The highest BCUT2D eigenvalue weighted by molar-refractivity contribution is 5.11. The number of fused-ring (bicyclic) bond motifs is 24. The summed E-state index contributed by atoms with van der Waals surface area (Å²) in [5.74, 6) is 12.1. The lowest BCUT2D eigenvalue weighted by Crippen LogP contribution is -2.62. The van der Waals surface area contributed by atoms with E-state index in [-0.39, 0.29) is 24.7 Å². The summed E-state index contributed by atoms with van der Waals surface area (Å²) in [7, 11) is 0. The Balaban J connectivity index is 0.872. The molecule has 9 heteroatoms. The molecule has 0 aromatic rings. The van der Waals surface area contributed by atoms with Crippen LogP contribution in [0.15, 0.2) is 0 Å². The van der Waals surface area contributed by atoms with Gasteiger partial charge in [-0.15, -0.1) is 0 Å². The summed E-state index contributed by atoms with van der Waals surface area (Å²) in [5, 5.41) is 45.5. The molecule has 57 heavy (non-hydrogen) atoms. The molecule has 0 amide bonds. The van der Waals surface area contributed by atoms with E-state index in [4.69, 9.17) is 0 Å². The fourth-order valence-corrected chi connectivity index (χ4v) is 18.9. The van der Waals surface area contributed by atoms with Gasteiger partial charge in [-0.2, -0.15) is 5.06 Å². The van der Waals surface area contributed by atoms with Gasteiger partial charge < -0.3 is 5.21 Å². The second kappa shape index (κ2) is 14.9. The van der Waals surface area contributed by atoms with Crippen LogP contribution >= 0.6 is 0 Å². The van der Waals surface area contributed by atoms with Crippen LogP contribution in [0.25, 0.3) is 0 Å². The molecule has 0 radical (unpaired) electrons. The van der Waals surface area contributed by atoms with Crippen LogP contribution in [-0.4, -0.2) is 59.6 Å². The monoisotopic (exact) mass is 785 g/mol. The van der Waals surface area contributed by atoms with Crippen molar-refractivity contribution in [1.29, 1.82) is 0 Å². The van der Waals surface area contributed by atoms with Crippen LogP contribution in [0, 0.1) is 94.7 Å². The molecule has 24 atom stereocenters. The average Bonchev–Trinajstić information content (AvgIpc) is 3.94. The summed E-state index contributed by atoms with van der Waals surface area (Å²) in [5.41, 5.74) is 0. The second-order valence-electron chi connectivity index (χ2n) is 23.7. The van der Waals surface area contributed by atoms with Gasteiger partial charge in [-0.3, -0.25) is 37.2 Å². The van der Waals surface area contributed by atoms with Gasteiger partial charge in [0.1, 0.15) is 0 Å². The summed E-state index contributed by atoms with van der Waals surface area (Å²) in [6, 6.07) is 0. The standard InChI is InChI=1S/C48H80N8O/c57-56-47-39-23-31-15-7-8-16-32(31)24-40(39)48(56)55-46-38-22-30-14-6-4-12-28(30)20-36(38)44(53-46)51-42-34-18-26-10-2-1-9-25(26)17-33(34)41(49-42)50-43-35-19-27-11-3-5-13-29(27)21-37(35)45(52-43)54-47/h25-55,57H,1-24H2. The number of nitrogens with one attached hydrogen (secondary N) is 7. The van der Waals surface area contributed by atoms with Crippen molar-refractivity contribution >= 4 is 0 Å². The van der Waals surface area contributed by atoms with E-state index in [1.165, 1.54) is 154 Å². The molecule has 8 aliphatic carbocycles. The summed E-state index contributed by atoms with van der Waals surface area (Å²) in [6.45, 7) is 0. The summed E-state index contributed by atoms with van der Waals surface area (Å²) in [4.78, 5) is 0. The van der Waals surface area contributed by atoms with Crippen molar-refractivity contribution in [2.45, 2.75) is 203 Å². The Morgan fingerprint density at radius 2 is 0.456 bits per heavy atom. The third-order valence-corrected chi connectivity index (χ3v) is 21.5. The van der Waals surface area contributed by atoms with E-state index in [2.05, 4.69) is 37.2 Å². The molecule has 318 valence electrons. The van der Waals surface area contributed by atoms with Crippen LogP contribution in [0.4, 0.5) is 0 Å². The maximum absolute atomic E-state index is 12.8. The van der Waals surface area contributed by atoms with Crippen molar-refractivity contribution in [2.24, 2.45) is 94.7 Å². The van der Waals surface area contributed by atoms with Crippen molar-refractivity contribution in [3.8, 4) is 0 Å². The minimum Gasteiger partial charge on any atom is -0.311 e. The van der Waals surface area contributed by atoms with Gasteiger partial charge in [-0.05, 0) is 146 Å². The first-order valence-corrected chi connectivity index (χ1v) is 25.9. The van der Waals surface area contributed by atoms with Crippen molar-refractivity contribution in [1.82, 2.24) is 42.3 Å². The minimum atomic E-state index is 0.0180. The van der Waals surface area contributed by atoms with Gasteiger partial charge in [-0.1, -0.05) is 103 Å². The molecule has 5 saturated heterocycles. The predicted molar refractivity (Wildman–Crippen MR) is 223 cm³/mol. The molecule has 5 heterocycles. The zero-order valence-electron chi connectivity index (χ0n) is 35.2. The molecule has 0 spiro atoms. The smallest absolute Gasteiger partial charge is 0.0903 e. The number of hydroxylamine groups is 2. The third-order valence-electron chi connectivity index (χ3n) is 21.5. The first-order chi connectivity index (χ1) is 28.1. The number of hydrogen-bond acceptors (Lipinski definition) is 9. The average molecular weight is 785 g/mol. The Bertz CT molecular complexity index is 1360. The Kier molecular flexibility index (Phi) is 9.72. The highest BCUT2D eigenvalue weighted by atomic mass is 16.5. The largest absolute Gasteiger partial charge is 0.311 e. The van der Waals surface area contributed by atoms with Crippen LogP contribution in [-0.2, 0) is 0 Å². The van der Waals surface area contributed by atoms with Crippen molar-refractivity contribution in [3.05, 3.63) is 0 Å². The molecule has 8 saturated carbocycles. The van der Waals surface area contributed by atoms with E-state index in [0.29, 0.717) is 72.0 Å². The molecule has 24 unspecified atom stereocenters. The van der Waals surface area contributed by atoms with Crippen LogP contribution in [0.3, 0.4) is 0 Å². The van der Waals surface area contributed by atoms with E-state index in [0.717, 1.165) is 47.3 Å². The predicted octanol–water partition coefficient (Wildman–Crippen LogP) is 6.81. The molecule has 9 nitrogen and oxygen atoms in total. The molecule has 8 bridgehead atoms. The number of hydrogen-bond donors (Lipinski definition) is 8. The second-order valence-corrected chi connectivity index (χ2v) is 23.7. The summed E-state index contributed by atoms with van der Waals surface area (Å²) >= 11 is 0. The lowest BCUT2D eigenvalue weighted by molar-refractivity contribution is -0.163. The van der Waals surface area contributed by atoms with Gasteiger partial charge in [0, 0.05) is 0 Å². The van der Waals surface area contributed by atoms with Gasteiger partial charge in [0.25, 0.3) is 0 Å². The van der Waals surface area contributed by atoms with E-state index >= 15 is 0 Å². The van der Waals surface area contributed by atoms with Crippen LogP contribution < -0.4 is 37.2 Å². The Morgan fingerprint density at radius 1 is 0.263 bits per heavy atom. The molecule has 13 rings (SSSR count). The van der Waals surface area contributed by atoms with Gasteiger partial charge in [0.15, 0.2) is 0 Å². The highest BCUT2D eigenvalue weighted by Crippen LogP contribution is 2.56. The summed E-state index contributed by atoms with van der Waals surface area (Å²) < 4.78 is 0.